The number of hydrogen-bond donors (Lipinski definition) is 0. The van der Waals surface area contributed by atoms with Crippen LogP contribution in [0.1, 0.15) is 36.0 Å². The van der Waals surface area contributed by atoms with Crippen LogP contribution >= 0.6 is 0 Å². The minimum absolute atomic E-state index is 0.402. The first kappa shape index (κ1) is 16.4. The maximum Gasteiger partial charge on any atom is 0.163 e. The first-order valence-electron chi connectivity index (χ1n) is 9.66. The Labute approximate surface area is 158 Å². The van der Waals surface area contributed by atoms with E-state index in [-0.39, 0.29) is 0 Å². The molecule has 0 N–H and O–H groups in total. The fourth-order valence-corrected chi connectivity index (χ4v) is 4.14. The van der Waals surface area contributed by atoms with Gasteiger partial charge < -0.3 is 9.64 Å². The number of benzene rings is 1. The van der Waals surface area contributed by atoms with E-state index in [4.69, 9.17) is 4.74 Å². The van der Waals surface area contributed by atoms with Crippen molar-refractivity contribution < 1.29 is 4.74 Å². The highest BCUT2D eigenvalue weighted by molar-refractivity contribution is 5.44. The first-order valence-corrected chi connectivity index (χ1v) is 9.66. The molecule has 6 nitrogen and oxygen atoms in total. The smallest absolute Gasteiger partial charge is 0.163 e. The zero-order valence-electron chi connectivity index (χ0n) is 15.3. The zero-order valence-corrected chi connectivity index (χ0v) is 15.3. The molecule has 2 aliphatic rings. The molecule has 0 aliphatic carbocycles. The average Bonchev–Trinajstić information content (AvgIpc) is 3.13. The highest BCUT2D eigenvalue weighted by Gasteiger charge is 2.28. The van der Waals surface area contributed by atoms with E-state index in [1.54, 1.807) is 0 Å². The van der Waals surface area contributed by atoms with Gasteiger partial charge in [-0.25, -0.2) is 4.98 Å². The number of rotatable bonds is 2. The molecule has 1 saturated heterocycles. The molecule has 2 aliphatic heterocycles. The van der Waals surface area contributed by atoms with Crippen molar-refractivity contribution in [1.82, 2.24) is 19.7 Å². The Morgan fingerprint density at radius 3 is 2.67 bits per heavy atom. The number of nitrogens with zero attached hydrogens (tertiary/aromatic N) is 5. The summed E-state index contributed by atoms with van der Waals surface area (Å²) in [5, 5.41) is 9.07. The molecule has 4 heterocycles. The maximum atomic E-state index is 5.79. The topological polar surface area (TPSA) is 56.1 Å². The minimum atomic E-state index is 0.402. The van der Waals surface area contributed by atoms with E-state index in [1.165, 1.54) is 11.3 Å². The molecule has 0 bridgehead atoms. The summed E-state index contributed by atoms with van der Waals surface area (Å²) in [6, 6.07) is 14.6. The Morgan fingerprint density at radius 1 is 0.963 bits per heavy atom. The third-order valence-electron chi connectivity index (χ3n) is 5.57. The molecule has 0 unspecified atom stereocenters. The molecule has 0 radical (unpaired) electrons. The van der Waals surface area contributed by atoms with Crippen molar-refractivity contribution in [1.29, 1.82) is 0 Å². The number of ether oxygens (including phenoxy) is 1. The van der Waals surface area contributed by atoms with Gasteiger partial charge in [0.15, 0.2) is 5.82 Å². The van der Waals surface area contributed by atoms with Crippen molar-refractivity contribution in [3.63, 3.8) is 0 Å². The Kier molecular flexibility index (Phi) is 4.33. The standard InChI is InChI=1S/C21H23N5O/c1-2-6-18-16(5-1)10-14-27-15-20-23-24-21(26(18)20)17-8-12-25(13-9-17)19-7-3-4-11-22-19/h1-7,11,17H,8-10,12-15H2. The summed E-state index contributed by atoms with van der Waals surface area (Å²) >= 11 is 0. The molecule has 1 fully saturated rings. The normalized spacial score (nSPS) is 17.7. The van der Waals surface area contributed by atoms with Gasteiger partial charge in [0, 0.05) is 25.2 Å². The van der Waals surface area contributed by atoms with Gasteiger partial charge >= 0.3 is 0 Å². The predicted octanol–water partition coefficient (Wildman–Crippen LogP) is 3.12. The lowest BCUT2D eigenvalue weighted by molar-refractivity contribution is 0.115. The van der Waals surface area contributed by atoms with Crippen molar-refractivity contribution in [2.45, 2.75) is 31.8 Å². The Morgan fingerprint density at radius 2 is 1.81 bits per heavy atom. The highest BCUT2D eigenvalue weighted by Crippen LogP contribution is 2.32. The minimum Gasteiger partial charge on any atom is -0.373 e. The van der Waals surface area contributed by atoms with Gasteiger partial charge in [-0.1, -0.05) is 24.3 Å². The van der Waals surface area contributed by atoms with Gasteiger partial charge in [-0.3, -0.25) is 4.57 Å². The van der Waals surface area contributed by atoms with E-state index in [0.29, 0.717) is 12.5 Å². The lowest BCUT2D eigenvalue weighted by atomic mass is 9.95. The van der Waals surface area contributed by atoms with Crippen LogP contribution in [0.25, 0.3) is 5.69 Å². The average molecular weight is 361 g/mol. The van der Waals surface area contributed by atoms with Crippen molar-refractivity contribution in [2.24, 2.45) is 0 Å². The molecule has 138 valence electrons. The lowest BCUT2D eigenvalue weighted by Crippen LogP contribution is -2.34. The fraction of sp³-hybridized carbons (Fsp3) is 0.381. The molecular formula is C21H23N5O. The molecule has 0 atom stereocenters. The van der Waals surface area contributed by atoms with Crippen LogP contribution in [0.3, 0.4) is 0 Å². The maximum absolute atomic E-state index is 5.79. The first-order chi connectivity index (χ1) is 13.4. The number of aromatic nitrogens is 4. The second kappa shape index (κ2) is 7.12. The van der Waals surface area contributed by atoms with E-state index in [0.717, 1.165) is 56.4 Å². The molecule has 6 heteroatoms. The van der Waals surface area contributed by atoms with E-state index in [1.807, 2.05) is 18.3 Å². The van der Waals surface area contributed by atoms with Gasteiger partial charge in [-0.15, -0.1) is 10.2 Å². The van der Waals surface area contributed by atoms with Gasteiger partial charge in [-0.2, -0.15) is 0 Å². The summed E-state index contributed by atoms with van der Waals surface area (Å²) in [5.41, 5.74) is 2.51. The molecule has 2 aromatic heterocycles. The second-order valence-corrected chi connectivity index (χ2v) is 7.19. The van der Waals surface area contributed by atoms with E-state index >= 15 is 0 Å². The van der Waals surface area contributed by atoms with E-state index in [2.05, 4.69) is 55.0 Å². The third kappa shape index (κ3) is 3.10. The summed E-state index contributed by atoms with van der Waals surface area (Å²) in [6.45, 7) is 3.22. The highest BCUT2D eigenvalue weighted by atomic mass is 16.5. The van der Waals surface area contributed by atoms with Crippen molar-refractivity contribution >= 4 is 5.82 Å². The van der Waals surface area contributed by atoms with Crippen LogP contribution < -0.4 is 4.90 Å². The summed E-state index contributed by atoms with van der Waals surface area (Å²) in [4.78, 5) is 6.85. The molecular weight excluding hydrogens is 338 g/mol. The molecule has 3 aromatic rings. The predicted molar refractivity (Wildman–Crippen MR) is 103 cm³/mol. The molecule has 27 heavy (non-hydrogen) atoms. The monoisotopic (exact) mass is 361 g/mol. The number of pyridine rings is 1. The SMILES string of the molecule is c1ccc(N2CCC(c3nnc4n3-c3ccccc3CCOC4)CC2)nc1. The number of hydrogen-bond acceptors (Lipinski definition) is 5. The Balaban J connectivity index is 1.44. The zero-order chi connectivity index (χ0) is 18.1. The molecule has 0 amide bonds. The van der Waals surface area contributed by atoms with Gasteiger partial charge in [0.2, 0.25) is 0 Å². The Hall–Kier alpha value is -2.73. The summed E-state index contributed by atoms with van der Waals surface area (Å²) in [7, 11) is 0. The number of anilines is 1. The fourth-order valence-electron chi connectivity index (χ4n) is 4.14. The van der Waals surface area contributed by atoms with E-state index in [9.17, 15) is 0 Å². The van der Waals surface area contributed by atoms with Crippen molar-refractivity contribution in [3.8, 4) is 5.69 Å². The van der Waals surface area contributed by atoms with Crippen LogP contribution in [0.5, 0.6) is 0 Å². The quantitative estimate of drug-likeness (QED) is 0.702. The Bertz CT molecular complexity index is 915. The number of piperidine rings is 1. The molecule has 0 spiro atoms. The van der Waals surface area contributed by atoms with Crippen LogP contribution in [-0.4, -0.2) is 39.4 Å². The molecule has 5 rings (SSSR count). The largest absolute Gasteiger partial charge is 0.373 e. The third-order valence-corrected chi connectivity index (χ3v) is 5.57. The molecule has 1 aromatic carbocycles. The van der Waals surface area contributed by atoms with Gasteiger partial charge in [0.25, 0.3) is 0 Å². The number of para-hydroxylation sites is 1. The summed E-state index contributed by atoms with van der Waals surface area (Å²) in [5.74, 6) is 3.44. The summed E-state index contributed by atoms with van der Waals surface area (Å²) < 4.78 is 8.04. The summed E-state index contributed by atoms with van der Waals surface area (Å²) in [6.07, 6.45) is 4.89. The van der Waals surface area contributed by atoms with Crippen LogP contribution in [0, 0.1) is 0 Å². The van der Waals surface area contributed by atoms with Gasteiger partial charge in [0.1, 0.15) is 18.2 Å². The number of fused-ring (bicyclic) bond motifs is 3. The van der Waals surface area contributed by atoms with Crippen LogP contribution in [0.15, 0.2) is 48.7 Å². The second-order valence-electron chi connectivity index (χ2n) is 7.19. The lowest BCUT2D eigenvalue weighted by Gasteiger charge is -2.32. The van der Waals surface area contributed by atoms with Gasteiger partial charge in [-0.05, 0) is 43.0 Å². The van der Waals surface area contributed by atoms with Gasteiger partial charge in [0.05, 0.1) is 12.3 Å². The van der Waals surface area contributed by atoms with E-state index < -0.39 is 0 Å². The molecule has 0 saturated carbocycles. The van der Waals surface area contributed by atoms with Crippen LogP contribution in [-0.2, 0) is 17.8 Å². The van der Waals surface area contributed by atoms with Crippen molar-refractivity contribution in [2.75, 3.05) is 24.6 Å². The van der Waals surface area contributed by atoms with Crippen LogP contribution in [0.4, 0.5) is 5.82 Å². The van der Waals surface area contributed by atoms with Crippen LogP contribution in [0.2, 0.25) is 0 Å². The van der Waals surface area contributed by atoms with Crippen molar-refractivity contribution in [3.05, 3.63) is 65.9 Å².